The van der Waals surface area contributed by atoms with Crippen LogP contribution in [0, 0.1) is 5.92 Å². The van der Waals surface area contributed by atoms with Crippen molar-refractivity contribution < 1.29 is 4.79 Å². The van der Waals surface area contributed by atoms with Gasteiger partial charge in [-0.25, -0.2) is 0 Å². The van der Waals surface area contributed by atoms with E-state index in [9.17, 15) is 4.79 Å². The van der Waals surface area contributed by atoms with Crippen molar-refractivity contribution in [3.05, 3.63) is 34.3 Å². The lowest BCUT2D eigenvalue weighted by Gasteiger charge is -2.08. The van der Waals surface area contributed by atoms with E-state index in [4.69, 9.17) is 5.73 Å². The summed E-state index contributed by atoms with van der Waals surface area (Å²) >= 11 is 3.40. The molecule has 0 heterocycles. The van der Waals surface area contributed by atoms with Gasteiger partial charge in [-0.1, -0.05) is 28.1 Å². The Morgan fingerprint density at radius 1 is 1.50 bits per heavy atom. The Kier molecular flexibility index (Phi) is 3.77. The summed E-state index contributed by atoms with van der Waals surface area (Å²) in [5.74, 6) is 0.851. The first-order valence-corrected chi connectivity index (χ1v) is 6.46. The molecule has 2 nitrogen and oxygen atoms in total. The second-order valence-electron chi connectivity index (χ2n) is 4.55. The number of nitrogens with two attached hydrogens (primary N) is 1. The number of rotatable bonds is 5. The summed E-state index contributed by atoms with van der Waals surface area (Å²) < 4.78 is 1.02. The molecule has 0 radical (unpaired) electrons. The Morgan fingerprint density at radius 2 is 2.25 bits per heavy atom. The number of Topliss-reactive ketones (excluding diaryl/α,β-unsaturated/α-hetero) is 1. The van der Waals surface area contributed by atoms with Crippen LogP contribution in [0.15, 0.2) is 28.7 Å². The van der Waals surface area contributed by atoms with Gasteiger partial charge in [0.05, 0.1) is 0 Å². The monoisotopic (exact) mass is 281 g/mol. The predicted octanol–water partition coefficient (Wildman–Crippen LogP) is 2.69. The van der Waals surface area contributed by atoms with Crippen LogP contribution < -0.4 is 5.73 Å². The molecule has 2 N–H and O–H groups in total. The van der Waals surface area contributed by atoms with Crippen LogP contribution in [0.25, 0.3) is 0 Å². The maximum atomic E-state index is 11.8. The number of ketones is 1. The zero-order valence-corrected chi connectivity index (χ0v) is 10.7. The minimum Gasteiger partial charge on any atom is -0.327 e. The molecule has 1 fully saturated rings. The lowest BCUT2D eigenvalue weighted by atomic mass is 10.0. The van der Waals surface area contributed by atoms with E-state index in [2.05, 4.69) is 15.9 Å². The Hall–Kier alpha value is -0.670. The normalized spacial score (nSPS) is 17.1. The molecule has 1 aliphatic rings. The summed E-state index contributed by atoms with van der Waals surface area (Å²) in [6.45, 7) is 0. The molecule has 2 rings (SSSR count). The van der Waals surface area contributed by atoms with E-state index in [1.165, 1.54) is 12.8 Å². The summed E-state index contributed by atoms with van der Waals surface area (Å²) in [5, 5.41) is 0. The summed E-state index contributed by atoms with van der Waals surface area (Å²) in [4.78, 5) is 11.8. The van der Waals surface area contributed by atoms with Crippen LogP contribution in [0.5, 0.6) is 0 Å². The van der Waals surface area contributed by atoms with Gasteiger partial charge in [-0.2, -0.15) is 0 Å². The van der Waals surface area contributed by atoms with Crippen molar-refractivity contribution in [3.8, 4) is 0 Å². The number of hydrogen-bond donors (Lipinski definition) is 1. The van der Waals surface area contributed by atoms with Gasteiger partial charge in [0.15, 0.2) is 0 Å². The quantitative estimate of drug-likeness (QED) is 0.902. The smallest absolute Gasteiger partial charge is 0.138 e. The highest BCUT2D eigenvalue weighted by atomic mass is 79.9. The summed E-state index contributed by atoms with van der Waals surface area (Å²) in [5.41, 5.74) is 6.99. The van der Waals surface area contributed by atoms with Crippen LogP contribution in [0.2, 0.25) is 0 Å². The molecule has 1 atom stereocenters. The fourth-order valence-electron chi connectivity index (χ4n) is 1.90. The zero-order chi connectivity index (χ0) is 11.5. The van der Waals surface area contributed by atoms with Crippen LogP contribution in [-0.4, -0.2) is 11.8 Å². The molecule has 1 unspecified atom stereocenters. The van der Waals surface area contributed by atoms with E-state index in [0.29, 0.717) is 18.8 Å². The van der Waals surface area contributed by atoms with Crippen LogP contribution in [0.4, 0.5) is 0 Å². The van der Waals surface area contributed by atoms with E-state index < -0.39 is 0 Å². The summed E-state index contributed by atoms with van der Waals surface area (Å²) in [6.07, 6.45) is 3.42. The van der Waals surface area contributed by atoms with Gasteiger partial charge in [-0.3, -0.25) is 4.79 Å². The first-order chi connectivity index (χ1) is 7.65. The second kappa shape index (κ2) is 5.11. The largest absolute Gasteiger partial charge is 0.327 e. The highest BCUT2D eigenvalue weighted by Gasteiger charge is 2.29. The predicted molar refractivity (Wildman–Crippen MR) is 68.2 cm³/mol. The van der Waals surface area contributed by atoms with Crippen LogP contribution >= 0.6 is 15.9 Å². The molecule has 1 aliphatic carbocycles. The first-order valence-electron chi connectivity index (χ1n) is 5.67. The van der Waals surface area contributed by atoms with Crippen molar-refractivity contribution in [3.63, 3.8) is 0 Å². The third kappa shape index (κ3) is 3.42. The van der Waals surface area contributed by atoms with Gasteiger partial charge in [0.25, 0.3) is 0 Å². The van der Waals surface area contributed by atoms with Gasteiger partial charge in [-0.05, 0) is 36.5 Å². The molecule has 1 saturated carbocycles. The number of hydrogen-bond acceptors (Lipinski definition) is 2. The molecule has 0 spiro atoms. The van der Waals surface area contributed by atoms with Gasteiger partial charge in [0, 0.05) is 23.4 Å². The topological polar surface area (TPSA) is 43.1 Å². The van der Waals surface area contributed by atoms with E-state index in [1.807, 2.05) is 24.3 Å². The van der Waals surface area contributed by atoms with Crippen molar-refractivity contribution >= 4 is 21.7 Å². The van der Waals surface area contributed by atoms with Gasteiger partial charge < -0.3 is 5.73 Å². The van der Waals surface area contributed by atoms with Gasteiger partial charge in [0.1, 0.15) is 5.78 Å². The van der Waals surface area contributed by atoms with E-state index in [0.717, 1.165) is 10.0 Å². The number of halogens is 1. The molecule has 0 aliphatic heterocycles. The summed E-state index contributed by atoms with van der Waals surface area (Å²) in [7, 11) is 0. The lowest BCUT2D eigenvalue weighted by molar-refractivity contribution is -0.118. The summed E-state index contributed by atoms with van der Waals surface area (Å²) in [6, 6.07) is 7.96. The molecule has 1 aromatic rings. The third-order valence-corrected chi connectivity index (χ3v) is 3.47. The van der Waals surface area contributed by atoms with Gasteiger partial charge in [-0.15, -0.1) is 0 Å². The number of carbonyl (C=O) groups excluding carboxylic acids is 1. The molecular weight excluding hydrogens is 266 g/mol. The molecule has 86 valence electrons. The molecular formula is C13H16BrNO. The highest BCUT2D eigenvalue weighted by molar-refractivity contribution is 9.10. The average Bonchev–Trinajstić information content (AvgIpc) is 2.99. The lowest BCUT2D eigenvalue weighted by Crippen LogP contribution is -2.26. The molecule has 16 heavy (non-hydrogen) atoms. The van der Waals surface area contributed by atoms with Crippen LogP contribution in [-0.2, 0) is 11.2 Å². The molecule has 0 amide bonds. The number of carbonyl (C=O) groups is 1. The molecule has 0 saturated heterocycles. The number of benzene rings is 1. The minimum absolute atomic E-state index is 0.0830. The second-order valence-corrected chi connectivity index (χ2v) is 5.47. The molecule has 0 bridgehead atoms. The van der Waals surface area contributed by atoms with Crippen molar-refractivity contribution in [1.29, 1.82) is 0 Å². The molecule has 0 aromatic heterocycles. The Morgan fingerprint density at radius 3 is 2.88 bits per heavy atom. The van der Waals surface area contributed by atoms with Crippen LogP contribution in [0.3, 0.4) is 0 Å². The van der Waals surface area contributed by atoms with Crippen molar-refractivity contribution in [2.75, 3.05) is 0 Å². The maximum Gasteiger partial charge on any atom is 0.138 e. The van der Waals surface area contributed by atoms with Crippen molar-refractivity contribution in [1.82, 2.24) is 0 Å². The van der Waals surface area contributed by atoms with Crippen molar-refractivity contribution in [2.45, 2.75) is 31.7 Å². The van der Waals surface area contributed by atoms with Crippen LogP contribution in [0.1, 0.15) is 24.8 Å². The highest BCUT2D eigenvalue weighted by Crippen LogP contribution is 2.33. The van der Waals surface area contributed by atoms with Gasteiger partial charge >= 0.3 is 0 Å². The SMILES string of the molecule is NC(CC(=O)Cc1cccc(Br)c1)C1CC1. The van der Waals surface area contributed by atoms with E-state index in [1.54, 1.807) is 0 Å². The zero-order valence-electron chi connectivity index (χ0n) is 9.16. The first kappa shape index (κ1) is 11.8. The Labute approximate surface area is 104 Å². The Bertz CT molecular complexity index is 387. The maximum absolute atomic E-state index is 11.8. The van der Waals surface area contributed by atoms with Gasteiger partial charge in [0.2, 0.25) is 0 Å². The Balaban J connectivity index is 1.86. The average molecular weight is 282 g/mol. The molecule has 1 aromatic carbocycles. The fraction of sp³-hybridized carbons (Fsp3) is 0.462. The standard InChI is InChI=1S/C13H16BrNO/c14-11-3-1-2-9(6-11)7-12(16)8-13(15)10-4-5-10/h1-3,6,10,13H,4-5,7-8,15H2. The minimum atomic E-state index is 0.0830. The fourth-order valence-corrected chi connectivity index (χ4v) is 2.35. The van der Waals surface area contributed by atoms with Crippen molar-refractivity contribution in [2.24, 2.45) is 11.7 Å². The molecule has 3 heteroatoms. The van der Waals surface area contributed by atoms with E-state index in [-0.39, 0.29) is 11.8 Å². The third-order valence-electron chi connectivity index (χ3n) is 2.98. The van der Waals surface area contributed by atoms with E-state index >= 15 is 0 Å².